The highest BCUT2D eigenvalue weighted by molar-refractivity contribution is 7.90. The van der Waals surface area contributed by atoms with Crippen molar-refractivity contribution in [1.29, 1.82) is 0 Å². The van der Waals surface area contributed by atoms with Crippen molar-refractivity contribution in [3.63, 3.8) is 0 Å². The maximum atomic E-state index is 12.1. The minimum absolute atomic E-state index is 0.0239. The third-order valence-corrected chi connectivity index (χ3v) is 4.08. The first kappa shape index (κ1) is 15.4. The second kappa shape index (κ2) is 6.02. The van der Waals surface area contributed by atoms with Crippen molar-refractivity contribution in [3.05, 3.63) is 0 Å². The standard InChI is InChI=1S/C12H24N2O3S/c1-5-10-12(15)14(6-7-18(4,16)17)11(13-10)8-9(2)3/h9-11,13H,5-8H2,1-4H3. The highest BCUT2D eigenvalue weighted by Gasteiger charge is 2.37. The van der Waals surface area contributed by atoms with Crippen LogP contribution < -0.4 is 5.32 Å². The normalized spacial score (nSPS) is 25.2. The van der Waals surface area contributed by atoms with Gasteiger partial charge in [-0.25, -0.2) is 8.42 Å². The molecule has 1 saturated heterocycles. The Labute approximate surface area is 110 Å². The van der Waals surface area contributed by atoms with E-state index < -0.39 is 9.84 Å². The Hall–Kier alpha value is -0.620. The van der Waals surface area contributed by atoms with E-state index in [0.29, 0.717) is 12.5 Å². The van der Waals surface area contributed by atoms with Crippen molar-refractivity contribution in [2.75, 3.05) is 18.6 Å². The number of hydrogen-bond donors (Lipinski definition) is 1. The summed E-state index contributed by atoms with van der Waals surface area (Å²) in [6.07, 6.45) is 2.77. The van der Waals surface area contributed by atoms with Gasteiger partial charge in [0.1, 0.15) is 9.84 Å². The largest absolute Gasteiger partial charge is 0.325 e. The average Bonchev–Trinajstić information content (AvgIpc) is 2.50. The summed E-state index contributed by atoms with van der Waals surface area (Å²) in [5, 5.41) is 3.29. The lowest BCUT2D eigenvalue weighted by Crippen LogP contribution is -2.40. The molecule has 0 bridgehead atoms. The average molecular weight is 276 g/mol. The van der Waals surface area contributed by atoms with Crippen LogP contribution in [-0.4, -0.2) is 50.0 Å². The third kappa shape index (κ3) is 4.24. The summed E-state index contributed by atoms with van der Waals surface area (Å²) in [6.45, 7) is 6.45. The highest BCUT2D eigenvalue weighted by atomic mass is 32.2. The smallest absolute Gasteiger partial charge is 0.241 e. The molecule has 1 rings (SSSR count). The first-order valence-corrected chi connectivity index (χ1v) is 8.55. The molecule has 1 aliphatic rings. The fourth-order valence-corrected chi connectivity index (χ4v) is 2.74. The Morgan fingerprint density at radius 3 is 2.44 bits per heavy atom. The molecule has 0 saturated carbocycles. The van der Waals surface area contributed by atoms with Crippen molar-refractivity contribution in [3.8, 4) is 0 Å². The molecule has 0 aromatic carbocycles. The van der Waals surface area contributed by atoms with Gasteiger partial charge in [0.2, 0.25) is 5.91 Å². The predicted octanol–water partition coefficient (Wildman–Crippen LogP) is 0.614. The Bertz CT molecular complexity index is 392. The molecule has 1 heterocycles. The molecule has 2 atom stereocenters. The summed E-state index contributed by atoms with van der Waals surface area (Å²) in [6, 6.07) is -0.159. The molecule has 106 valence electrons. The molecular weight excluding hydrogens is 252 g/mol. The molecule has 0 aliphatic carbocycles. The van der Waals surface area contributed by atoms with Crippen molar-refractivity contribution >= 4 is 15.7 Å². The lowest BCUT2D eigenvalue weighted by molar-refractivity contribution is -0.129. The molecule has 0 spiro atoms. The molecule has 6 heteroatoms. The fourth-order valence-electron chi connectivity index (χ4n) is 2.21. The van der Waals surface area contributed by atoms with Crippen LogP contribution in [0.5, 0.6) is 0 Å². The van der Waals surface area contributed by atoms with Crippen molar-refractivity contribution < 1.29 is 13.2 Å². The van der Waals surface area contributed by atoms with Gasteiger partial charge in [0, 0.05) is 12.8 Å². The lowest BCUT2D eigenvalue weighted by Gasteiger charge is -2.25. The summed E-state index contributed by atoms with van der Waals surface area (Å²) < 4.78 is 22.4. The van der Waals surface area contributed by atoms with Gasteiger partial charge in [0.05, 0.1) is 18.0 Å². The maximum Gasteiger partial charge on any atom is 0.241 e. The number of hydrogen-bond acceptors (Lipinski definition) is 4. The SMILES string of the molecule is CCC1NC(CC(C)C)N(CCS(C)(=O)=O)C1=O. The third-order valence-electron chi connectivity index (χ3n) is 3.16. The summed E-state index contributed by atoms with van der Waals surface area (Å²) in [7, 11) is -3.03. The topological polar surface area (TPSA) is 66.5 Å². The number of amides is 1. The van der Waals surface area contributed by atoms with Gasteiger partial charge >= 0.3 is 0 Å². The van der Waals surface area contributed by atoms with Crippen LogP contribution in [0.3, 0.4) is 0 Å². The van der Waals surface area contributed by atoms with E-state index >= 15 is 0 Å². The minimum atomic E-state index is -3.03. The molecule has 5 nitrogen and oxygen atoms in total. The number of nitrogens with zero attached hydrogens (tertiary/aromatic N) is 1. The maximum absolute atomic E-state index is 12.1. The van der Waals surface area contributed by atoms with E-state index in [1.165, 1.54) is 6.26 Å². The van der Waals surface area contributed by atoms with Gasteiger partial charge in [-0.1, -0.05) is 20.8 Å². The Balaban J connectivity index is 2.72. The molecule has 0 aromatic rings. The molecular formula is C12H24N2O3S. The van der Waals surface area contributed by atoms with E-state index in [9.17, 15) is 13.2 Å². The van der Waals surface area contributed by atoms with Crippen LogP contribution in [0.25, 0.3) is 0 Å². The monoisotopic (exact) mass is 276 g/mol. The molecule has 18 heavy (non-hydrogen) atoms. The molecule has 1 fully saturated rings. The highest BCUT2D eigenvalue weighted by Crippen LogP contribution is 2.19. The number of carbonyl (C=O) groups is 1. The van der Waals surface area contributed by atoms with Crippen LogP contribution in [0.2, 0.25) is 0 Å². The minimum Gasteiger partial charge on any atom is -0.325 e. The van der Waals surface area contributed by atoms with Gasteiger partial charge in [0.25, 0.3) is 0 Å². The van der Waals surface area contributed by atoms with Gasteiger partial charge < -0.3 is 4.90 Å². The van der Waals surface area contributed by atoms with Gasteiger partial charge in [0.15, 0.2) is 0 Å². The van der Waals surface area contributed by atoms with Gasteiger partial charge in [-0.2, -0.15) is 0 Å². The van der Waals surface area contributed by atoms with E-state index in [2.05, 4.69) is 19.2 Å². The van der Waals surface area contributed by atoms with E-state index in [1.54, 1.807) is 4.90 Å². The molecule has 1 N–H and O–H groups in total. The number of rotatable bonds is 6. The fraction of sp³-hybridized carbons (Fsp3) is 0.917. The van der Waals surface area contributed by atoms with Crippen molar-refractivity contribution in [2.24, 2.45) is 5.92 Å². The van der Waals surface area contributed by atoms with Crippen molar-refractivity contribution in [2.45, 2.75) is 45.8 Å². The predicted molar refractivity (Wildman–Crippen MR) is 71.9 cm³/mol. The van der Waals surface area contributed by atoms with Crippen LogP contribution in [0, 0.1) is 5.92 Å². The van der Waals surface area contributed by atoms with E-state index in [4.69, 9.17) is 0 Å². The van der Waals surface area contributed by atoms with E-state index in [0.717, 1.165) is 12.8 Å². The molecule has 0 aromatic heterocycles. The van der Waals surface area contributed by atoms with Gasteiger partial charge in [-0.15, -0.1) is 0 Å². The van der Waals surface area contributed by atoms with E-state index in [1.807, 2.05) is 6.92 Å². The Morgan fingerprint density at radius 1 is 1.39 bits per heavy atom. The summed E-state index contributed by atoms with van der Waals surface area (Å²) >= 11 is 0. The van der Waals surface area contributed by atoms with Crippen LogP contribution in [0.4, 0.5) is 0 Å². The van der Waals surface area contributed by atoms with Crippen LogP contribution in [-0.2, 0) is 14.6 Å². The second-order valence-electron chi connectivity index (χ2n) is 5.43. The van der Waals surface area contributed by atoms with Gasteiger partial charge in [-0.05, 0) is 18.8 Å². The second-order valence-corrected chi connectivity index (χ2v) is 7.69. The molecule has 0 radical (unpaired) electrons. The summed E-state index contributed by atoms with van der Waals surface area (Å²) in [5.74, 6) is 0.532. The molecule has 2 unspecified atom stereocenters. The summed E-state index contributed by atoms with van der Waals surface area (Å²) in [5.41, 5.74) is 0. The number of sulfone groups is 1. The number of nitrogens with one attached hydrogen (secondary N) is 1. The quantitative estimate of drug-likeness (QED) is 0.772. The zero-order chi connectivity index (χ0) is 13.9. The zero-order valence-corrected chi connectivity index (χ0v) is 12.5. The summed E-state index contributed by atoms with van der Waals surface area (Å²) in [4.78, 5) is 13.8. The first-order valence-electron chi connectivity index (χ1n) is 6.48. The number of carbonyl (C=O) groups excluding carboxylic acids is 1. The first-order chi connectivity index (χ1) is 8.24. The van der Waals surface area contributed by atoms with Crippen molar-refractivity contribution in [1.82, 2.24) is 10.2 Å². The lowest BCUT2D eigenvalue weighted by atomic mass is 10.1. The Morgan fingerprint density at radius 2 is 2.00 bits per heavy atom. The Kier molecular flexibility index (Phi) is 5.16. The zero-order valence-electron chi connectivity index (χ0n) is 11.6. The van der Waals surface area contributed by atoms with Crippen LogP contribution in [0.1, 0.15) is 33.6 Å². The van der Waals surface area contributed by atoms with Crippen LogP contribution in [0.15, 0.2) is 0 Å². The van der Waals surface area contributed by atoms with Crippen LogP contribution >= 0.6 is 0 Å². The molecule has 1 aliphatic heterocycles. The van der Waals surface area contributed by atoms with Gasteiger partial charge in [-0.3, -0.25) is 10.1 Å². The van der Waals surface area contributed by atoms with E-state index in [-0.39, 0.29) is 23.9 Å². The molecule has 1 amide bonds.